The molecule has 3 rings (SSSR count). The maximum Gasteiger partial charge on any atom is 0.348 e. The highest BCUT2D eigenvalue weighted by Gasteiger charge is 2.27. The molecule has 0 saturated carbocycles. The predicted molar refractivity (Wildman–Crippen MR) is 137 cm³/mol. The number of nitrogens with one attached hydrogen (secondary N) is 2. The van der Waals surface area contributed by atoms with E-state index in [4.69, 9.17) is 21.7 Å². The lowest BCUT2D eigenvalue weighted by Gasteiger charge is -2.14. The number of thiocarbonyl (C=S) groups is 1. The molecule has 0 bridgehead atoms. The van der Waals surface area contributed by atoms with E-state index in [1.807, 2.05) is 6.07 Å². The van der Waals surface area contributed by atoms with Gasteiger partial charge in [-0.05, 0) is 50.7 Å². The zero-order chi connectivity index (χ0) is 24.7. The van der Waals surface area contributed by atoms with Crippen LogP contribution in [0.15, 0.2) is 54.6 Å². The normalized spacial score (nSPS) is 10.3. The first kappa shape index (κ1) is 25.1. The standard InChI is InChI=1S/C25H24N2O5S2/c1-4-31-23(29)19-15(3)21(24(30)32-5-2)34-22(19)27-25(33)26-18-14-10-9-13-17(18)20(28)16-11-7-6-8-12-16/h6-14H,4-5H2,1-3H3,(H2,26,27,33). The van der Waals surface area contributed by atoms with Gasteiger partial charge in [0, 0.05) is 11.1 Å². The number of rotatable bonds is 8. The fraction of sp³-hybridized carbons (Fsp3) is 0.200. The number of thiophene rings is 1. The molecule has 3 aromatic rings. The third-order valence-corrected chi connectivity index (χ3v) is 6.16. The lowest BCUT2D eigenvalue weighted by atomic mass is 10.0. The number of ketones is 1. The summed E-state index contributed by atoms with van der Waals surface area (Å²) in [5.74, 6) is -1.26. The maximum atomic E-state index is 13.0. The van der Waals surface area contributed by atoms with Crippen LogP contribution in [0.1, 0.15) is 55.4 Å². The van der Waals surface area contributed by atoms with Gasteiger partial charge in [-0.1, -0.05) is 42.5 Å². The molecule has 9 heteroatoms. The second kappa shape index (κ2) is 11.5. The van der Waals surface area contributed by atoms with Crippen molar-refractivity contribution in [1.29, 1.82) is 0 Å². The number of para-hydroxylation sites is 1. The van der Waals surface area contributed by atoms with Crippen molar-refractivity contribution in [1.82, 2.24) is 0 Å². The summed E-state index contributed by atoms with van der Waals surface area (Å²) in [5.41, 5.74) is 2.16. The Morgan fingerprint density at radius 3 is 2.18 bits per heavy atom. The van der Waals surface area contributed by atoms with E-state index >= 15 is 0 Å². The highest BCUT2D eigenvalue weighted by molar-refractivity contribution is 7.80. The average molecular weight is 497 g/mol. The van der Waals surface area contributed by atoms with Crippen molar-refractivity contribution >= 4 is 57.1 Å². The van der Waals surface area contributed by atoms with Gasteiger partial charge < -0.3 is 20.1 Å². The zero-order valence-electron chi connectivity index (χ0n) is 19.0. The summed E-state index contributed by atoms with van der Waals surface area (Å²) in [4.78, 5) is 38.2. The number of benzene rings is 2. The van der Waals surface area contributed by atoms with Crippen LogP contribution < -0.4 is 10.6 Å². The van der Waals surface area contributed by atoms with E-state index in [2.05, 4.69) is 10.6 Å². The molecule has 2 N–H and O–H groups in total. The molecule has 0 aliphatic heterocycles. The van der Waals surface area contributed by atoms with Crippen molar-refractivity contribution in [2.45, 2.75) is 20.8 Å². The highest BCUT2D eigenvalue weighted by Crippen LogP contribution is 2.34. The molecule has 0 atom stereocenters. The summed E-state index contributed by atoms with van der Waals surface area (Å²) in [6, 6.07) is 15.9. The molecule has 0 fully saturated rings. The minimum atomic E-state index is -0.572. The van der Waals surface area contributed by atoms with Gasteiger partial charge in [-0.2, -0.15) is 0 Å². The van der Waals surface area contributed by atoms with Crippen LogP contribution in [-0.2, 0) is 9.47 Å². The Bertz CT molecular complexity index is 1220. The fourth-order valence-electron chi connectivity index (χ4n) is 3.23. The van der Waals surface area contributed by atoms with Crippen LogP contribution in [0.4, 0.5) is 10.7 Å². The molecule has 0 unspecified atom stereocenters. The summed E-state index contributed by atoms with van der Waals surface area (Å²) in [6.07, 6.45) is 0. The van der Waals surface area contributed by atoms with E-state index in [0.29, 0.717) is 27.4 Å². The van der Waals surface area contributed by atoms with Crippen LogP contribution in [-0.4, -0.2) is 36.0 Å². The van der Waals surface area contributed by atoms with Gasteiger partial charge >= 0.3 is 11.9 Å². The largest absolute Gasteiger partial charge is 0.462 e. The van der Waals surface area contributed by atoms with E-state index in [1.54, 1.807) is 69.3 Å². The Kier molecular flexibility index (Phi) is 8.50. The first-order chi connectivity index (χ1) is 16.4. The molecule has 34 heavy (non-hydrogen) atoms. The fourth-order valence-corrected chi connectivity index (χ4v) is 4.60. The van der Waals surface area contributed by atoms with Crippen molar-refractivity contribution < 1.29 is 23.9 Å². The van der Waals surface area contributed by atoms with Crippen LogP contribution in [0, 0.1) is 6.92 Å². The van der Waals surface area contributed by atoms with Crippen molar-refractivity contribution in [3.8, 4) is 0 Å². The molecule has 0 aliphatic carbocycles. The lowest BCUT2D eigenvalue weighted by molar-refractivity contribution is 0.0527. The van der Waals surface area contributed by atoms with Gasteiger partial charge in [0.15, 0.2) is 10.9 Å². The molecule has 176 valence electrons. The van der Waals surface area contributed by atoms with Crippen molar-refractivity contribution in [3.63, 3.8) is 0 Å². The van der Waals surface area contributed by atoms with Gasteiger partial charge in [0.2, 0.25) is 0 Å². The number of hydrogen-bond donors (Lipinski definition) is 2. The molecule has 0 aliphatic rings. The first-order valence-electron chi connectivity index (χ1n) is 10.6. The molecule has 1 aromatic heterocycles. The summed E-state index contributed by atoms with van der Waals surface area (Å²) >= 11 is 6.52. The second-order valence-electron chi connectivity index (χ2n) is 7.02. The summed E-state index contributed by atoms with van der Waals surface area (Å²) in [6.45, 7) is 5.45. The molecule has 0 amide bonds. The van der Waals surface area contributed by atoms with Crippen molar-refractivity contribution in [3.05, 3.63) is 81.7 Å². The van der Waals surface area contributed by atoms with Gasteiger partial charge in [-0.3, -0.25) is 4.79 Å². The topological polar surface area (TPSA) is 93.7 Å². The minimum Gasteiger partial charge on any atom is -0.462 e. The SMILES string of the molecule is CCOC(=O)c1sc(NC(=S)Nc2ccccc2C(=O)c2ccccc2)c(C(=O)OCC)c1C. The highest BCUT2D eigenvalue weighted by atomic mass is 32.1. The Balaban J connectivity index is 1.88. The number of carbonyl (C=O) groups excluding carboxylic acids is 3. The Morgan fingerprint density at radius 1 is 0.882 bits per heavy atom. The van der Waals surface area contributed by atoms with Crippen LogP contribution in [0.2, 0.25) is 0 Å². The smallest absolute Gasteiger partial charge is 0.348 e. The molecular formula is C25H24N2O5S2. The lowest BCUT2D eigenvalue weighted by Crippen LogP contribution is -2.21. The number of hydrogen-bond acceptors (Lipinski definition) is 7. The minimum absolute atomic E-state index is 0.149. The van der Waals surface area contributed by atoms with Gasteiger partial charge in [-0.25, -0.2) is 9.59 Å². The van der Waals surface area contributed by atoms with Crippen LogP contribution in [0.25, 0.3) is 0 Å². The van der Waals surface area contributed by atoms with Crippen LogP contribution >= 0.6 is 23.6 Å². The number of carbonyl (C=O) groups is 3. The Hall–Kier alpha value is -3.56. The van der Waals surface area contributed by atoms with Gasteiger partial charge in [-0.15, -0.1) is 11.3 Å². The average Bonchev–Trinajstić information content (AvgIpc) is 3.15. The molecular weight excluding hydrogens is 472 g/mol. The van der Waals surface area contributed by atoms with E-state index in [0.717, 1.165) is 11.3 Å². The van der Waals surface area contributed by atoms with E-state index in [-0.39, 0.29) is 34.6 Å². The van der Waals surface area contributed by atoms with E-state index < -0.39 is 11.9 Å². The number of esters is 2. The number of ether oxygens (including phenoxy) is 2. The maximum absolute atomic E-state index is 13.0. The molecule has 0 radical (unpaired) electrons. The summed E-state index contributed by atoms with van der Waals surface area (Å²) in [7, 11) is 0. The summed E-state index contributed by atoms with van der Waals surface area (Å²) in [5, 5.41) is 6.51. The molecule has 2 aromatic carbocycles. The summed E-state index contributed by atoms with van der Waals surface area (Å²) < 4.78 is 10.3. The third-order valence-electron chi connectivity index (χ3n) is 4.77. The van der Waals surface area contributed by atoms with E-state index in [9.17, 15) is 14.4 Å². The van der Waals surface area contributed by atoms with Gasteiger partial charge in [0.05, 0.1) is 24.5 Å². The quantitative estimate of drug-likeness (QED) is 0.242. The molecule has 0 spiro atoms. The van der Waals surface area contributed by atoms with Gasteiger partial charge in [0.25, 0.3) is 0 Å². The van der Waals surface area contributed by atoms with Crippen molar-refractivity contribution in [2.24, 2.45) is 0 Å². The second-order valence-corrected chi connectivity index (χ2v) is 8.45. The Morgan fingerprint density at radius 2 is 1.50 bits per heavy atom. The zero-order valence-corrected chi connectivity index (χ0v) is 20.6. The third kappa shape index (κ3) is 5.67. The molecule has 7 nitrogen and oxygen atoms in total. The Labute approximate surface area is 207 Å². The first-order valence-corrected chi connectivity index (χ1v) is 11.8. The van der Waals surface area contributed by atoms with Gasteiger partial charge in [0.1, 0.15) is 9.88 Å². The van der Waals surface area contributed by atoms with Crippen LogP contribution in [0.5, 0.6) is 0 Å². The number of anilines is 2. The van der Waals surface area contributed by atoms with E-state index in [1.165, 1.54) is 0 Å². The van der Waals surface area contributed by atoms with Crippen molar-refractivity contribution in [2.75, 3.05) is 23.8 Å². The molecule has 0 saturated heterocycles. The predicted octanol–water partition coefficient (Wildman–Crippen LogP) is 5.45. The van der Waals surface area contributed by atoms with Crippen LogP contribution in [0.3, 0.4) is 0 Å². The monoisotopic (exact) mass is 496 g/mol. The molecule has 1 heterocycles.